The number of hydrogen-bond donors (Lipinski definition) is 0. The molecule has 1 heterocycles. The van der Waals surface area contributed by atoms with E-state index in [0.717, 1.165) is 12.8 Å². The van der Waals surface area contributed by atoms with Crippen LogP contribution in [0.4, 0.5) is 5.69 Å². The van der Waals surface area contributed by atoms with Crippen LogP contribution in [0.3, 0.4) is 0 Å². The molecule has 16 heavy (non-hydrogen) atoms. The number of nitro groups is 1. The summed E-state index contributed by atoms with van der Waals surface area (Å²) >= 11 is 0. The van der Waals surface area contributed by atoms with Crippen molar-refractivity contribution in [1.82, 2.24) is 9.78 Å². The number of hydrogen-bond acceptors (Lipinski definition) is 4. The number of nitriles is 1. The molecule has 0 atom stereocenters. The van der Waals surface area contributed by atoms with Gasteiger partial charge in [0.1, 0.15) is 11.9 Å². The standard InChI is InChI=1S/C10H12N4O2/c1-7-10(14(15)16)6-12-13(7)9-4-8(5-9)2-3-11/h6,8-9H,2,4-5H2,1H3/t8-,9-. The maximum absolute atomic E-state index is 10.6. The van der Waals surface area contributed by atoms with Gasteiger partial charge >= 0.3 is 5.69 Å². The summed E-state index contributed by atoms with van der Waals surface area (Å²) in [6, 6.07) is 2.37. The summed E-state index contributed by atoms with van der Waals surface area (Å²) in [5.74, 6) is 0.428. The lowest BCUT2D eigenvalue weighted by Gasteiger charge is -2.34. The molecule has 0 N–H and O–H groups in total. The van der Waals surface area contributed by atoms with E-state index >= 15 is 0 Å². The molecule has 6 heteroatoms. The van der Waals surface area contributed by atoms with Crippen molar-refractivity contribution < 1.29 is 4.92 Å². The normalized spacial score (nSPS) is 23.5. The lowest BCUT2D eigenvalue weighted by Crippen LogP contribution is -2.27. The number of rotatable bonds is 3. The molecule has 0 aliphatic heterocycles. The van der Waals surface area contributed by atoms with Crippen molar-refractivity contribution >= 4 is 5.69 Å². The topological polar surface area (TPSA) is 84.8 Å². The van der Waals surface area contributed by atoms with E-state index in [1.165, 1.54) is 6.20 Å². The molecule has 2 rings (SSSR count). The minimum Gasteiger partial charge on any atom is -0.260 e. The molecule has 0 unspecified atom stereocenters. The van der Waals surface area contributed by atoms with Gasteiger partial charge in [-0.05, 0) is 25.7 Å². The minimum absolute atomic E-state index is 0.0729. The van der Waals surface area contributed by atoms with Crippen LogP contribution >= 0.6 is 0 Å². The van der Waals surface area contributed by atoms with E-state index in [1.807, 2.05) is 0 Å². The fraction of sp³-hybridized carbons (Fsp3) is 0.600. The molecule has 0 saturated heterocycles. The third kappa shape index (κ3) is 1.65. The van der Waals surface area contributed by atoms with Crippen LogP contribution in [0.25, 0.3) is 0 Å². The first kappa shape index (κ1) is 10.6. The Labute approximate surface area is 92.6 Å². The van der Waals surface area contributed by atoms with E-state index in [4.69, 9.17) is 5.26 Å². The van der Waals surface area contributed by atoms with E-state index in [-0.39, 0.29) is 11.7 Å². The van der Waals surface area contributed by atoms with Crippen molar-refractivity contribution in [3.05, 3.63) is 22.0 Å². The lowest BCUT2D eigenvalue weighted by molar-refractivity contribution is -0.385. The van der Waals surface area contributed by atoms with Crippen molar-refractivity contribution in [2.24, 2.45) is 5.92 Å². The highest BCUT2D eigenvalue weighted by Gasteiger charge is 2.33. The van der Waals surface area contributed by atoms with Crippen molar-refractivity contribution in [3.8, 4) is 6.07 Å². The molecule has 1 aromatic rings. The van der Waals surface area contributed by atoms with Crippen molar-refractivity contribution in [1.29, 1.82) is 5.26 Å². The molecule has 1 aromatic heterocycles. The quantitative estimate of drug-likeness (QED) is 0.575. The zero-order valence-corrected chi connectivity index (χ0v) is 8.96. The third-order valence-electron chi connectivity index (χ3n) is 3.15. The molecule has 1 aliphatic rings. The van der Waals surface area contributed by atoms with Gasteiger partial charge in [-0.2, -0.15) is 10.4 Å². The summed E-state index contributed by atoms with van der Waals surface area (Å²) < 4.78 is 1.71. The molecule has 0 aromatic carbocycles. The van der Waals surface area contributed by atoms with Gasteiger partial charge in [0.25, 0.3) is 0 Å². The average Bonchev–Trinajstić information content (AvgIpc) is 2.53. The summed E-state index contributed by atoms with van der Waals surface area (Å²) in [5, 5.41) is 23.2. The van der Waals surface area contributed by atoms with Gasteiger partial charge in [-0.15, -0.1) is 0 Å². The van der Waals surface area contributed by atoms with Crippen LogP contribution in [-0.4, -0.2) is 14.7 Å². The van der Waals surface area contributed by atoms with Crippen LogP contribution in [0.15, 0.2) is 6.20 Å². The smallest absolute Gasteiger partial charge is 0.260 e. The highest BCUT2D eigenvalue weighted by molar-refractivity contribution is 5.32. The van der Waals surface area contributed by atoms with E-state index in [1.54, 1.807) is 11.6 Å². The number of nitrogens with zero attached hydrogens (tertiary/aromatic N) is 4. The molecular formula is C10H12N4O2. The van der Waals surface area contributed by atoms with Crippen LogP contribution in [-0.2, 0) is 0 Å². The third-order valence-corrected chi connectivity index (χ3v) is 3.15. The second-order valence-corrected chi connectivity index (χ2v) is 4.17. The second-order valence-electron chi connectivity index (χ2n) is 4.17. The Morgan fingerprint density at radius 1 is 1.75 bits per heavy atom. The zero-order chi connectivity index (χ0) is 11.7. The van der Waals surface area contributed by atoms with Crippen LogP contribution < -0.4 is 0 Å². The first-order chi connectivity index (χ1) is 7.63. The van der Waals surface area contributed by atoms with E-state index in [2.05, 4.69) is 11.2 Å². The molecule has 6 nitrogen and oxygen atoms in total. The summed E-state index contributed by atoms with van der Waals surface area (Å²) in [7, 11) is 0. The van der Waals surface area contributed by atoms with Gasteiger partial charge in [-0.25, -0.2) is 0 Å². The van der Waals surface area contributed by atoms with E-state index in [9.17, 15) is 10.1 Å². The Morgan fingerprint density at radius 2 is 2.44 bits per heavy atom. The van der Waals surface area contributed by atoms with Crippen LogP contribution in [0.5, 0.6) is 0 Å². The highest BCUT2D eigenvalue weighted by atomic mass is 16.6. The van der Waals surface area contributed by atoms with Crippen molar-refractivity contribution in [3.63, 3.8) is 0 Å². The van der Waals surface area contributed by atoms with Crippen molar-refractivity contribution in [2.75, 3.05) is 0 Å². The predicted octanol–water partition coefficient (Wildman–Crippen LogP) is 1.96. The fourth-order valence-electron chi connectivity index (χ4n) is 2.16. The fourth-order valence-corrected chi connectivity index (χ4v) is 2.16. The van der Waals surface area contributed by atoms with Gasteiger partial charge in [-0.1, -0.05) is 0 Å². The SMILES string of the molecule is Cc1c([N+](=O)[O-])cnn1[C@H]1C[C@H](CC#N)C1. The van der Waals surface area contributed by atoms with E-state index < -0.39 is 4.92 Å². The van der Waals surface area contributed by atoms with E-state index in [0.29, 0.717) is 18.0 Å². The minimum atomic E-state index is -0.412. The maximum Gasteiger partial charge on any atom is 0.309 e. The summed E-state index contributed by atoms with van der Waals surface area (Å²) in [4.78, 5) is 10.2. The van der Waals surface area contributed by atoms with Gasteiger partial charge in [0.05, 0.1) is 17.0 Å². The van der Waals surface area contributed by atoms with Crippen molar-refractivity contribution in [2.45, 2.75) is 32.2 Å². The summed E-state index contributed by atoms with van der Waals surface area (Å²) in [6.07, 6.45) is 3.66. The Kier molecular flexibility index (Phi) is 2.60. The molecule has 1 saturated carbocycles. The van der Waals surface area contributed by atoms with Crippen LogP contribution in [0, 0.1) is 34.3 Å². The molecule has 0 spiro atoms. The average molecular weight is 220 g/mol. The molecule has 0 bridgehead atoms. The molecule has 1 aliphatic carbocycles. The van der Waals surface area contributed by atoms with Gasteiger partial charge in [0.2, 0.25) is 0 Å². The van der Waals surface area contributed by atoms with Gasteiger partial charge in [0, 0.05) is 6.42 Å². The largest absolute Gasteiger partial charge is 0.309 e. The first-order valence-corrected chi connectivity index (χ1v) is 5.19. The Bertz CT molecular complexity index is 454. The Morgan fingerprint density at radius 3 is 2.94 bits per heavy atom. The van der Waals surface area contributed by atoms with Gasteiger partial charge in [-0.3, -0.25) is 14.8 Å². The Hall–Kier alpha value is -1.90. The van der Waals surface area contributed by atoms with Gasteiger partial charge in [0.15, 0.2) is 0 Å². The Balaban J connectivity index is 2.08. The maximum atomic E-state index is 10.6. The highest BCUT2D eigenvalue weighted by Crippen LogP contribution is 2.40. The molecule has 1 fully saturated rings. The predicted molar refractivity (Wildman–Crippen MR) is 55.6 cm³/mol. The second kappa shape index (κ2) is 3.93. The number of aromatic nitrogens is 2. The molecular weight excluding hydrogens is 208 g/mol. The zero-order valence-electron chi connectivity index (χ0n) is 8.96. The molecule has 0 amide bonds. The van der Waals surface area contributed by atoms with Crippen LogP contribution in [0.2, 0.25) is 0 Å². The van der Waals surface area contributed by atoms with Crippen LogP contribution in [0.1, 0.15) is 31.0 Å². The lowest BCUT2D eigenvalue weighted by atomic mass is 9.78. The molecule has 84 valence electrons. The summed E-state index contributed by atoms with van der Waals surface area (Å²) in [5.41, 5.74) is 0.675. The first-order valence-electron chi connectivity index (χ1n) is 5.19. The van der Waals surface area contributed by atoms with Gasteiger partial charge < -0.3 is 0 Å². The summed E-state index contributed by atoms with van der Waals surface area (Å²) in [6.45, 7) is 1.71. The molecule has 0 radical (unpaired) electrons. The monoisotopic (exact) mass is 220 g/mol.